The van der Waals surface area contributed by atoms with Crippen molar-refractivity contribution in [2.45, 2.75) is 26.4 Å². The molecule has 2 amide bonds. The van der Waals surface area contributed by atoms with Crippen molar-refractivity contribution in [2.24, 2.45) is 0 Å². The number of amides is 2. The molecular formula is C22H32N6O2S. The number of carbonyl (C=O) groups is 1. The molecule has 168 valence electrons. The molecule has 1 aromatic heterocycles. The van der Waals surface area contributed by atoms with Gasteiger partial charge in [0.05, 0.1) is 31.0 Å². The predicted molar refractivity (Wildman–Crippen MR) is 125 cm³/mol. The van der Waals surface area contributed by atoms with E-state index in [0.717, 1.165) is 44.0 Å². The highest BCUT2D eigenvalue weighted by Crippen LogP contribution is 2.18. The number of piperazine rings is 1. The first kappa shape index (κ1) is 23.5. The van der Waals surface area contributed by atoms with Crippen molar-refractivity contribution in [3.05, 3.63) is 59.4 Å². The van der Waals surface area contributed by atoms with Gasteiger partial charge in [-0.05, 0) is 37.1 Å². The quantitative estimate of drug-likeness (QED) is 0.638. The van der Waals surface area contributed by atoms with E-state index in [9.17, 15) is 9.35 Å². The number of nitrogens with zero attached hydrogens (tertiary/aromatic N) is 4. The Hall–Kier alpha value is -2.17. The summed E-state index contributed by atoms with van der Waals surface area (Å²) in [5.41, 5.74) is 3.83. The van der Waals surface area contributed by atoms with E-state index in [0.29, 0.717) is 5.69 Å². The van der Waals surface area contributed by atoms with Gasteiger partial charge < -0.3 is 15.2 Å². The first-order valence-corrected chi connectivity index (χ1v) is 11.5. The monoisotopic (exact) mass is 444 g/mol. The standard InChI is InChI=1S/C22H32N6O2S/c1-17-8-9-21(15-23-17)25-22(29)24-18(2)20-7-5-6-19(14-20)16-27-10-12-28(13-11-27)31(30)26(3)4/h5-9,14-15,18H,10-13,16H2,1-4H3,(H2,24,25,29)/t18-,31?/m0/s1. The summed E-state index contributed by atoms with van der Waals surface area (Å²) in [4.78, 5) is 18.9. The van der Waals surface area contributed by atoms with Crippen molar-refractivity contribution >= 4 is 23.3 Å². The van der Waals surface area contributed by atoms with Gasteiger partial charge >= 0.3 is 6.03 Å². The van der Waals surface area contributed by atoms with Crippen LogP contribution in [0.25, 0.3) is 0 Å². The van der Waals surface area contributed by atoms with E-state index in [2.05, 4.69) is 32.7 Å². The number of rotatable bonds is 7. The average Bonchev–Trinajstić information content (AvgIpc) is 2.75. The molecule has 31 heavy (non-hydrogen) atoms. The largest absolute Gasteiger partial charge is 0.578 e. The summed E-state index contributed by atoms with van der Waals surface area (Å²) < 4.78 is 15.9. The van der Waals surface area contributed by atoms with Crippen LogP contribution < -0.4 is 10.6 Å². The lowest BCUT2D eigenvalue weighted by Gasteiger charge is -2.35. The summed E-state index contributed by atoms with van der Waals surface area (Å²) in [7, 11) is 3.67. The first-order chi connectivity index (χ1) is 14.8. The fourth-order valence-electron chi connectivity index (χ4n) is 3.48. The number of hydrogen-bond acceptors (Lipinski definition) is 6. The summed E-state index contributed by atoms with van der Waals surface area (Å²) >= 11 is -1.06. The van der Waals surface area contributed by atoms with Crippen molar-refractivity contribution in [3.8, 4) is 0 Å². The molecule has 0 saturated carbocycles. The maximum absolute atomic E-state index is 12.3. The van der Waals surface area contributed by atoms with E-state index >= 15 is 0 Å². The number of aryl methyl sites for hydroxylation is 1. The SMILES string of the molecule is Cc1ccc(NC(=O)N[C@@H](C)c2cccc(CN3CCN([S+]([O-])N(C)C)CC3)c2)cn1. The van der Waals surface area contributed by atoms with E-state index in [1.165, 1.54) is 5.56 Å². The lowest BCUT2D eigenvalue weighted by Crippen LogP contribution is -2.51. The first-order valence-electron chi connectivity index (χ1n) is 10.5. The van der Waals surface area contributed by atoms with Gasteiger partial charge in [-0.2, -0.15) is 0 Å². The molecule has 1 fully saturated rings. The maximum atomic E-state index is 12.3. The molecular weight excluding hydrogens is 412 g/mol. The molecule has 3 rings (SSSR count). The van der Waals surface area contributed by atoms with Crippen molar-refractivity contribution in [3.63, 3.8) is 0 Å². The molecule has 2 N–H and O–H groups in total. The number of urea groups is 1. The van der Waals surface area contributed by atoms with Crippen LogP contribution in [0.3, 0.4) is 0 Å². The zero-order valence-corrected chi connectivity index (χ0v) is 19.5. The number of carbonyl (C=O) groups excluding carboxylic acids is 1. The van der Waals surface area contributed by atoms with Gasteiger partial charge in [-0.3, -0.25) is 9.88 Å². The Kier molecular flexibility index (Phi) is 8.28. The molecule has 2 atom stereocenters. The minimum absolute atomic E-state index is 0.127. The maximum Gasteiger partial charge on any atom is 0.319 e. The second-order valence-corrected chi connectivity index (χ2v) is 9.71. The van der Waals surface area contributed by atoms with E-state index in [1.807, 2.05) is 56.5 Å². The molecule has 1 aliphatic heterocycles. The average molecular weight is 445 g/mol. The minimum Gasteiger partial charge on any atom is -0.578 e. The van der Waals surface area contributed by atoms with Gasteiger partial charge in [0, 0.05) is 39.4 Å². The highest BCUT2D eigenvalue weighted by Gasteiger charge is 2.27. The van der Waals surface area contributed by atoms with E-state index in [4.69, 9.17) is 0 Å². The van der Waals surface area contributed by atoms with Crippen LogP contribution in [0.2, 0.25) is 0 Å². The normalized spacial score (nSPS) is 17.4. The number of pyridine rings is 1. The van der Waals surface area contributed by atoms with E-state index in [1.54, 1.807) is 10.5 Å². The Labute approximate surface area is 188 Å². The molecule has 0 spiro atoms. The molecule has 0 aliphatic carbocycles. The van der Waals surface area contributed by atoms with Gasteiger partial charge in [0.25, 0.3) is 0 Å². The molecule has 0 bridgehead atoms. The van der Waals surface area contributed by atoms with Crippen molar-refractivity contribution in [2.75, 3.05) is 45.6 Å². The van der Waals surface area contributed by atoms with Crippen LogP contribution in [0, 0.1) is 6.92 Å². The Bertz CT molecular complexity index is 855. The highest BCUT2D eigenvalue weighted by atomic mass is 32.2. The third kappa shape index (κ3) is 6.91. The predicted octanol–water partition coefficient (Wildman–Crippen LogP) is 2.53. The molecule has 1 aromatic carbocycles. The topological polar surface area (TPSA) is 86.8 Å². The van der Waals surface area contributed by atoms with Crippen molar-refractivity contribution < 1.29 is 9.35 Å². The summed E-state index contributed by atoms with van der Waals surface area (Å²) in [6, 6.07) is 11.6. The van der Waals surface area contributed by atoms with Crippen LogP contribution in [0.4, 0.5) is 10.5 Å². The fraction of sp³-hybridized carbons (Fsp3) is 0.455. The van der Waals surface area contributed by atoms with Crippen LogP contribution in [0.15, 0.2) is 42.6 Å². The van der Waals surface area contributed by atoms with Crippen LogP contribution in [-0.2, 0) is 18.1 Å². The molecule has 1 aliphatic rings. The van der Waals surface area contributed by atoms with Crippen molar-refractivity contribution in [1.29, 1.82) is 0 Å². The zero-order valence-electron chi connectivity index (χ0n) is 18.7. The lowest BCUT2D eigenvalue weighted by molar-refractivity contribution is 0.177. The molecule has 1 saturated heterocycles. The zero-order chi connectivity index (χ0) is 22.4. The molecule has 8 nitrogen and oxygen atoms in total. The van der Waals surface area contributed by atoms with Gasteiger partial charge in [0.2, 0.25) is 0 Å². The van der Waals surface area contributed by atoms with Gasteiger partial charge in [-0.25, -0.2) is 4.79 Å². The number of nitrogens with one attached hydrogen (secondary N) is 2. The smallest absolute Gasteiger partial charge is 0.319 e. The summed E-state index contributed by atoms with van der Waals surface area (Å²) in [6.07, 6.45) is 1.65. The molecule has 1 unspecified atom stereocenters. The Morgan fingerprint density at radius 2 is 1.97 bits per heavy atom. The third-order valence-electron chi connectivity index (χ3n) is 5.24. The van der Waals surface area contributed by atoms with Gasteiger partial charge in [0.15, 0.2) is 0 Å². The number of benzene rings is 1. The summed E-state index contributed by atoms with van der Waals surface area (Å²) in [5.74, 6) is 0. The van der Waals surface area contributed by atoms with Crippen molar-refractivity contribution in [1.82, 2.24) is 23.8 Å². The minimum atomic E-state index is -1.06. The Morgan fingerprint density at radius 1 is 1.23 bits per heavy atom. The number of anilines is 1. The second-order valence-electron chi connectivity index (χ2n) is 8.00. The third-order valence-corrected chi connectivity index (χ3v) is 6.67. The van der Waals surface area contributed by atoms with Gasteiger partial charge in [0.1, 0.15) is 11.5 Å². The molecule has 9 heteroatoms. The molecule has 0 radical (unpaired) electrons. The lowest BCUT2D eigenvalue weighted by atomic mass is 10.0. The van der Waals surface area contributed by atoms with E-state index in [-0.39, 0.29) is 12.1 Å². The molecule has 2 heterocycles. The summed E-state index contributed by atoms with van der Waals surface area (Å²) in [6.45, 7) is 8.05. The van der Waals surface area contributed by atoms with Crippen LogP contribution in [0.5, 0.6) is 0 Å². The van der Waals surface area contributed by atoms with Crippen LogP contribution >= 0.6 is 0 Å². The summed E-state index contributed by atoms with van der Waals surface area (Å²) in [5, 5.41) is 5.80. The Balaban J connectivity index is 1.51. The highest BCUT2D eigenvalue weighted by molar-refractivity contribution is 7.86. The number of hydrogen-bond donors (Lipinski definition) is 2. The second kappa shape index (κ2) is 10.9. The Morgan fingerprint density at radius 3 is 2.61 bits per heavy atom. The van der Waals surface area contributed by atoms with E-state index < -0.39 is 11.5 Å². The van der Waals surface area contributed by atoms with Crippen LogP contribution in [0.1, 0.15) is 29.8 Å². The fourth-order valence-corrected chi connectivity index (χ4v) is 4.42. The number of aromatic nitrogens is 1. The van der Waals surface area contributed by atoms with Crippen LogP contribution in [-0.4, -0.2) is 69.4 Å². The van der Waals surface area contributed by atoms with Gasteiger partial charge in [-0.1, -0.05) is 24.3 Å². The molecule has 2 aromatic rings. The van der Waals surface area contributed by atoms with Gasteiger partial charge in [-0.15, -0.1) is 8.61 Å².